The monoisotopic (exact) mass is 431 g/mol. The predicted octanol–water partition coefficient (Wildman–Crippen LogP) is 3.71. The first-order valence-corrected chi connectivity index (χ1v) is 10.4. The van der Waals surface area contributed by atoms with Crippen molar-refractivity contribution in [2.75, 3.05) is 13.7 Å². The number of nitrogens with zero attached hydrogens (tertiary/aromatic N) is 3. The third-order valence-electron chi connectivity index (χ3n) is 5.67. The molecule has 7 nitrogen and oxygen atoms in total. The molecule has 1 saturated heterocycles. The van der Waals surface area contributed by atoms with Crippen LogP contribution in [0.2, 0.25) is 0 Å². The number of aryl methyl sites for hydroxylation is 2. The molecule has 0 spiro atoms. The maximum absolute atomic E-state index is 13.0. The molecule has 1 amide bonds. The second-order valence-corrected chi connectivity index (χ2v) is 7.79. The van der Waals surface area contributed by atoms with Gasteiger partial charge in [-0.25, -0.2) is 4.98 Å². The second kappa shape index (κ2) is 9.09. The molecule has 1 fully saturated rings. The molecule has 7 heteroatoms. The van der Waals surface area contributed by atoms with E-state index in [1.54, 1.807) is 48.8 Å². The SMILES string of the molecule is COc1ccc(/C(O)=C2\C(=O)C(=O)N(CCCn3ccnc3)[C@@H]2c2ccc(C)cc2)cc1. The number of rotatable bonds is 7. The van der Waals surface area contributed by atoms with Gasteiger partial charge in [-0.2, -0.15) is 0 Å². The number of carbonyl (C=O) groups is 2. The van der Waals surface area contributed by atoms with E-state index in [-0.39, 0.29) is 11.3 Å². The van der Waals surface area contributed by atoms with E-state index in [0.29, 0.717) is 30.8 Å². The number of aliphatic hydroxyl groups is 1. The topological polar surface area (TPSA) is 84.7 Å². The molecular weight excluding hydrogens is 406 g/mol. The lowest BCUT2D eigenvalue weighted by molar-refractivity contribution is -0.139. The molecular formula is C25H25N3O4. The van der Waals surface area contributed by atoms with E-state index < -0.39 is 17.7 Å². The molecule has 1 aliphatic heterocycles. The number of hydrogen-bond donors (Lipinski definition) is 1. The zero-order chi connectivity index (χ0) is 22.7. The van der Waals surface area contributed by atoms with Gasteiger partial charge in [0.25, 0.3) is 11.7 Å². The molecule has 2 aromatic carbocycles. The van der Waals surface area contributed by atoms with Gasteiger partial charge in [0.15, 0.2) is 0 Å². The van der Waals surface area contributed by atoms with Gasteiger partial charge in [-0.15, -0.1) is 0 Å². The highest BCUT2D eigenvalue weighted by atomic mass is 16.5. The van der Waals surface area contributed by atoms with Crippen molar-refractivity contribution in [1.82, 2.24) is 14.5 Å². The number of amides is 1. The van der Waals surface area contributed by atoms with Gasteiger partial charge in [-0.1, -0.05) is 29.8 Å². The summed E-state index contributed by atoms with van der Waals surface area (Å²) in [5, 5.41) is 11.1. The molecule has 3 aromatic rings. The van der Waals surface area contributed by atoms with E-state index in [0.717, 1.165) is 11.1 Å². The lowest BCUT2D eigenvalue weighted by atomic mass is 9.94. The normalized spacial score (nSPS) is 17.7. The molecule has 164 valence electrons. The number of imidazole rings is 1. The molecule has 0 aliphatic carbocycles. The lowest BCUT2D eigenvalue weighted by Gasteiger charge is -2.25. The van der Waals surface area contributed by atoms with Gasteiger partial charge in [0.2, 0.25) is 0 Å². The maximum atomic E-state index is 13.0. The van der Waals surface area contributed by atoms with Crippen LogP contribution >= 0.6 is 0 Å². The van der Waals surface area contributed by atoms with Crippen LogP contribution in [0, 0.1) is 6.92 Å². The van der Waals surface area contributed by atoms with Crippen molar-refractivity contribution in [3.05, 3.63) is 89.5 Å². The Morgan fingerprint density at radius 2 is 1.78 bits per heavy atom. The van der Waals surface area contributed by atoms with E-state index in [1.807, 2.05) is 42.0 Å². The zero-order valence-corrected chi connectivity index (χ0v) is 18.1. The van der Waals surface area contributed by atoms with Crippen LogP contribution in [0.3, 0.4) is 0 Å². The van der Waals surface area contributed by atoms with E-state index in [1.165, 1.54) is 0 Å². The van der Waals surface area contributed by atoms with Crippen LogP contribution in [-0.2, 0) is 16.1 Å². The Kier molecular flexibility index (Phi) is 6.07. The Morgan fingerprint density at radius 3 is 2.41 bits per heavy atom. The fourth-order valence-corrected chi connectivity index (χ4v) is 3.95. The molecule has 1 N–H and O–H groups in total. The van der Waals surface area contributed by atoms with E-state index in [2.05, 4.69) is 4.98 Å². The average molecular weight is 431 g/mol. The smallest absolute Gasteiger partial charge is 0.295 e. The average Bonchev–Trinajstić information content (AvgIpc) is 3.41. The molecule has 1 aromatic heterocycles. The van der Waals surface area contributed by atoms with Crippen LogP contribution in [0.5, 0.6) is 5.75 Å². The van der Waals surface area contributed by atoms with Gasteiger partial charge < -0.3 is 19.3 Å². The van der Waals surface area contributed by atoms with Crippen molar-refractivity contribution in [1.29, 1.82) is 0 Å². The highest BCUT2D eigenvalue weighted by molar-refractivity contribution is 6.46. The Morgan fingerprint density at radius 1 is 1.06 bits per heavy atom. The summed E-state index contributed by atoms with van der Waals surface area (Å²) in [6.45, 7) is 3.02. The number of methoxy groups -OCH3 is 1. The Hall–Kier alpha value is -3.87. The molecule has 0 saturated carbocycles. The summed E-state index contributed by atoms with van der Waals surface area (Å²) in [7, 11) is 1.56. The quantitative estimate of drug-likeness (QED) is 0.350. The Bertz CT molecular complexity index is 1130. The van der Waals surface area contributed by atoms with Crippen molar-refractivity contribution in [3.63, 3.8) is 0 Å². The maximum Gasteiger partial charge on any atom is 0.295 e. The minimum atomic E-state index is -0.675. The molecule has 1 atom stereocenters. The standard InChI is InChI=1S/C25H25N3O4/c1-17-4-6-18(7-5-17)22-21(23(29)19-8-10-20(32-2)11-9-19)24(30)25(31)28(22)14-3-13-27-15-12-26-16-27/h4-12,15-16,22,29H,3,13-14H2,1-2H3/b23-21+/t22-/m1/s1. The summed E-state index contributed by atoms with van der Waals surface area (Å²) in [5.41, 5.74) is 2.42. The number of ether oxygens (including phenoxy) is 1. The molecule has 2 heterocycles. The van der Waals surface area contributed by atoms with Crippen molar-refractivity contribution in [3.8, 4) is 5.75 Å². The minimum absolute atomic E-state index is 0.103. The zero-order valence-electron chi connectivity index (χ0n) is 18.1. The molecule has 1 aliphatic rings. The predicted molar refractivity (Wildman–Crippen MR) is 120 cm³/mol. The van der Waals surface area contributed by atoms with Crippen LogP contribution in [0.15, 0.2) is 72.8 Å². The number of benzene rings is 2. The molecule has 0 bridgehead atoms. The summed E-state index contributed by atoms with van der Waals surface area (Å²) in [4.78, 5) is 31.6. The van der Waals surface area contributed by atoms with Gasteiger partial charge in [0.05, 0.1) is 25.1 Å². The fraction of sp³-hybridized carbons (Fsp3) is 0.240. The Labute approximate surface area is 186 Å². The van der Waals surface area contributed by atoms with Crippen LogP contribution in [0.1, 0.15) is 29.2 Å². The molecule has 32 heavy (non-hydrogen) atoms. The largest absolute Gasteiger partial charge is 0.507 e. The van der Waals surface area contributed by atoms with Gasteiger partial charge >= 0.3 is 0 Å². The van der Waals surface area contributed by atoms with E-state index in [9.17, 15) is 14.7 Å². The fourth-order valence-electron chi connectivity index (χ4n) is 3.95. The van der Waals surface area contributed by atoms with Crippen molar-refractivity contribution < 1.29 is 19.4 Å². The number of likely N-dealkylation sites (tertiary alicyclic amines) is 1. The minimum Gasteiger partial charge on any atom is -0.507 e. The number of aliphatic hydroxyl groups excluding tert-OH is 1. The lowest BCUT2D eigenvalue weighted by Crippen LogP contribution is -2.31. The van der Waals surface area contributed by atoms with Crippen molar-refractivity contribution in [2.24, 2.45) is 0 Å². The van der Waals surface area contributed by atoms with Crippen molar-refractivity contribution >= 4 is 17.4 Å². The second-order valence-electron chi connectivity index (χ2n) is 7.79. The van der Waals surface area contributed by atoms with Crippen LogP contribution in [0.25, 0.3) is 5.76 Å². The summed E-state index contributed by atoms with van der Waals surface area (Å²) in [6.07, 6.45) is 5.92. The summed E-state index contributed by atoms with van der Waals surface area (Å²) >= 11 is 0. The number of ketones is 1. The first-order chi connectivity index (χ1) is 15.5. The number of Topliss-reactive ketones (excluding diaryl/α,β-unsaturated/α-hetero) is 1. The number of aromatic nitrogens is 2. The summed E-state index contributed by atoms with van der Waals surface area (Å²) in [6, 6.07) is 13.8. The number of carbonyl (C=O) groups excluding carboxylic acids is 2. The Balaban J connectivity index is 1.71. The highest BCUT2D eigenvalue weighted by Crippen LogP contribution is 2.39. The first-order valence-electron chi connectivity index (χ1n) is 10.4. The molecule has 0 radical (unpaired) electrons. The first kappa shape index (κ1) is 21.4. The highest BCUT2D eigenvalue weighted by Gasteiger charge is 2.45. The van der Waals surface area contributed by atoms with Crippen LogP contribution in [-0.4, -0.2) is 44.9 Å². The van der Waals surface area contributed by atoms with Crippen LogP contribution < -0.4 is 4.74 Å². The van der Waals surface area contributed by atoms with Gasteiger partial charge in [0.1, 0.15) is 11.5 Å². The third-order valence-corrected chi connectivity index (χ3v) is 5.67. The van der Waals surface area contributed by atoms with Crippen molar-refractivity contribution in [2.45, 2.75) is 25.9 Å². The molecule has 0 unspecified atom stereocenters. The summed E-state index contributed by atoms with van der Waals surface area (Å²) in [5.74, 6) is -0.826. The van der Waals surface area contributed by atoms with E-state index >= 15 is 0 Å². The molecule has 4 rings (SSSR count). The van der Waals surface area contributed by atoms with E-state index in [4.69, 9.17) is 4.74 Å². The number of hydrogen-bond acceptors (Lipinski definition) is 5. The van der Waals surface area contributed by atoms with Gasteiger partial charge in [-0.3, -0.25) is 9.59 Å². The third kappa shape index (κ3) is 4.14. The van der Waals surface area contributed by atoms with Gasteiger partial charge in [0, 0.05) is 31.0 Å². The van der Waals surface area contributed by atoms with Crippen LogP contribution in [0.4, 0.5) is 0 Å². The summed E-state index contributed by atoms with van der Waals surface area (Å²) < 4.78 is 7.10. The van der Waals surface area contributed by atoms with Gasteiger partial charge in [-0.05, 0) is 43.2 Å².